The molecule has 3 rings (SSSR count). The van der Waals surface area contributed by atoms with Gasteiger partial charge in [0.15, 0.2) is 10.1 Å². The standard InChI is InChI=1S/C23H26N4O3S3/c1-3-27(4-2)33(29,30)20-14-12-19(13-15-20)21(28)17-24-22-25-26-23(32-22)31-16-8-11-18-9-6-5-7-10-18/h5-15H,3-4,16-17H2,1-2H3,(H,24,25)/b11-8+. The Labute approximate surface area is 203 Å². The van der Waals surface area contributed by atoms with E-state index in [9.17, 15) is 13.2 Å². The predicted molar refractivity (Wildman–Crippen MR) is 135 cm³/mol. The average Bonchev–Trinajstić information content (AvgIpc) is 3.29. The maximum absolute atomic E-state index is 12.6. The first-order valence-corrected chi connectivity index (χ1v) is 13.7. The Bertz CT molecular complexity index is 1170. The van der Waals surface area contributed by atoms with Crippen molar-refractivity contribution in [2.24, 2.45) is 0 Å². The van der Waals surface area contributed by atoms with E-state index in [2.05, 4.69) is 27.7 Å². The Kier molecular flexibility index (Phi) is 9.19. The molecule has 0 spiro atoms. The highest BCUT2D eigenvalue weighted by Crippen LogP contribution is 2.25. The van der Waals surface area contributed by atoms with E-state index in [1.807, 2.05) is 30.3 Å². The summed E-state index contributed by atoms with van der Waals surface area (Å²) in [6, 6.07) is 16.1. The molecule has 174 valence electrons. The van der Waals surface area contributed by atoms with E-state index in [4.69, 9.17) is 0 Å². The first-order valence-electron chi connectivity index (χ1n) is 10.5. The molecule has 33 heavy (non-hydrogen) atoms. The number of benzene rings is 2. The Hall–Kier alpha value is -2.53. The first kappa shape index (κ1) is 25.1. The zero-order chi connectivity index (χ0) is 23.7. The Balaban J connectivity index is 1.50. The van der Waals surface area contributed by atoms with Gasteiger partial charge in [-0.1, -0.05) is 79.4 Å². The number of carbonyl (C=O) groups excluding carboxylic acids is 1. The molecule has 3 aromatic rings. The van der Waals surface area contributed by atoms with Crippen LogP contribution >= 0.6 is 23.1 Å². The van der Waals surface area contributed by atoms with Crippen LogP contribution < -0.4 is 5.32 Å². The Morgan fingerprint density at radius 1 is 1.06 bits per heavy atom. The Morgan fingerprint density at radius 2 is 1.76 bits per heavy atom. The largest absolute Gasteiger partial charge is 0.353 e. The fourth-order valence-electron chi connectivity index (χ4n) is 2.99. The van der Waals surface area contributed by atoms with Gasteiger partial charge in [0.05, 0.1) is 11.4 Å². The van der Waals surface area contributed by atoms with Gasteiger partial charge in [0.25, 0.3) is 0 Å². The number of nitrogens with one attached hydrogen (secondary N) is 1. The second-order valence-corrected chi connectivity index (χ2v) is 11.1. The van der Waals surface area contributed by atoms with Gasteiger partial charge >= 0.3 is 0 Å². The van der Waals surface area contributed by atoms with E-state index in [0.29, 0.717) is 23.8 Å². The minimum atomic E-state index is -3.54. The summed E-state index contributed by atoms with van der Waals surface area (Å²) < 4.78 is 27.3. The number of anilines is 1. The van der Waals surface area contributed by atoms with Crippen LogP contribution in [-0.2, 0) is 10.0 Å². The number of rotatable bonds is 12. The molecule has 1 heterocycles. The zero-order valence-electron chi connectivity index (χ0n) is 18.5. The number of aromatic nitrogens is 2. The number of thioether (sulfide) groups is 1. The number of ketones is 1. The normalized spacial score (nSPS) is 11.8. The smallest absolute Gasteiger partial charge is 0.243 e. The molecular weight excluding hydrogens is 476 g/mol. The van der Waals surface area contributed by atoms with Crippen molar-refractivity contribution in [3.63, 3.8) is 0 Å². The molecule has 1 N–H and O–H groups in total. The van der Waals surface area contributed by atoms with Gasteiger partial charge in [-0.2, -0.15) is 4.31 Å². The average molecular weight is 503 g/mol. The van der Waals surface area contributed by atoms with Crippen LogP contribution in [0.25, 0.3) is 6.08 Å². The number of Topliss-reactive ketones (excluding diaryl/α,β-unsaturated/α-hetero) is 1. The van der Waals surface area contributed by atoms with Gasteiger partial charge in [0, 0.05) is 24.4 Å². The minimum absolute atomic E-state index is 0.0509. The second-order valence-electron chi connectivity index (χ2n) is 6.89. The molecule has 0 aliphatic rings. The summed E-state index contributed by atoms with van der Waals surface area (Å²) in [6.07, 6.45) is 4.13. The lowest BCUT2D eigenvalue weighted by atomic mass is 10.1. The van der Waals surface area contributed by atoms with E-state index >= 15 is 0 Å². The molecule has 7 nitrogen and oxygen atoms in total. The predicted octanol–water partition coefficient (Wildman–Crippen LogP) is 4.67. The summed E-state index contributed by atoms with van der Waals surface area (Å²) in [6.45, 7) is 4.44. The highest BCUT2D eigenvalue weighted by molar-refractivity contribution is 8.01. The molecule has 0 unspecified atom stereocenters. The fourth-order valence-corrected chi connectivity index (χ4v) is 6.03. The molecule has 0 fully saturated rings. The summed E-state index contributed by atoms with van der Waals surface area (Å²) in [4.78, 5) is 12.7. The summed E-state index contributed by atoms with van der Waals surface area (Å²) in [7, 11) is -3.54. The van der Waals surface area contributed by atoms with E-state index < -0.39 is 10.0 Å². The number of hydrogen-bond donors (Lipinski definition) is 1. The van der Waals surface area contributed by atoms with Gasteiger partial charge in [-0.15, -0.1) is 10.2 Å². The lowest BCUT2D eigenvalue weighted by Crippen LogP contribution is -2.30. The van der Waals surface area contributed by atoms with Crippen molar-refractivity contribution in [3.8, 4) is 0 Å². The molecule has 0 aliphatic heterocycles. The molecular formula is C23H26N4O3S3. The van der Waals surface area contributed by atoms with Crippen molar-refractivity contribution in [1.29, 1.82) is 0 Å². The third kappa shape index (κ3) is 6.97. The number of nitrogens with zero attached hydrogens (tertiary/aromatic N) is 3. The van der Waals surface area contributed by atoms with Crippen molar-refractivity contribution in [3.05, 3.63) is 71.8 Å². The molecule has 2 aromatic carbocycles. The van der Waals surface area contributed by atoms with Crippen molar-refractivity contribution in [1.82, 2.24) is 14.5 Å². The van der Waals surface area contributed by atoms with Crippen LogP contribution in [0.15, 0.2) is 69.9 Å². The second kappa shape index (κ2) is 12.1. The Morgan fingerprint density at radius 3 is 2.42 bits per heavy atom. The van der Waals surface area contributed by atoms with Crippen LogP contribution in [-0.4, -0.2) is 54.1 Å². The molecule has 0 amide bonds. The van der Waals surface area contributed by atoms with Gasteiger partial charge < -0.3 is 5.32 Å². The van der Waals surface area contributed by atoms with Crippen LogP contribution in [0.1, 0.15) is 29.8 Å². The molecule has 1 aromatic heterocycles. The molecule has 0 atom stereocenters. The maximum atomic E-state index is 12.6. The summed E-state index contributed by atoms with van der Waals surface area (Å²) in [5.74, 6) is 0.613. The van der Waals surface area contributed by atoms with E-state index in [1.165, 1.54) is 27.8 Å². The number of sulfonamides is 1. The molecule has 10 heteroatoms. The van der Waals surface area contributed by atoms with Crippen molar-refractivity contribution >= 4 is 50.1 Å². The lowest BCUT2D eigenvalue weighted by Gasteiger charge is -2.18. The minimum Gasteiger partial charge on any atom is -0.353 e. The van der Waals surface area contributed by atoms with Gasteiger partial charge in [-0.25, -0.2) is 8.42 Å². The maximum Gasteiger partial charge on any atom is 0.243 e. The van der Waals surface area contributed by atoms with Gasteiger partial charge in [0.2, 0.25) is 15.2 Å². The topological polar surface area (TPSA) is 92.3 Å². The third-order valence-electron chi connectivity index (χ3n) is 4.74. The monoisotopic (exact) mass is 502 g/mol. The highest BCUT2D eigenvalue weighted by atomic mass is 32.2. The van der Waals surface area contributed by atoms with Gasteiger partial charge in [-0.3, -0.25) is 4.79 Å². The lowest BCUT2D eigenvalue weighted by molar-refractivity contribution is 0.101. The quantitative estimate of drug-likeness (QED) is 0.284. The van der Waals surface area contributed by atoms with Crippen molar-refractivity contribution < 1.29 is 13.2 Å². The van der Waals surface area contributed by atoms with Crippen molar-refractivity contribution in [2.45, 2.75) is 23.1 Å². The fraction of sp³-hybridized carbons (Fsp3) is 0.261. The van der Waals surface area contributed by atoms with Crippen LogP contribution in [0, 0.1) is 0 Å². The molecule has 0 aliphatic carbocycles. The summed E-state index contributed by atoms with van der Waals surface area (Å²) in [5.41, 5.74) is 1.58. The number of hydrogen-bond acceptors (Lipinski definition) is 8. The van der Waals surface area contributed by atoms with Crippen LogP contribution in [0.2, 0.25) is 0 Å². The van der Waals surface area contributed by atoms with Gasteiger partial charge in [-0.05, 0) is 29.8 Å². The SMILES string of the molecule is CCN(CC)S(=O)(=O)c1ccc(C(=O)CNc2nnc(SC/C=C/c3ccccc3)s2)cc1. The molecule has 0 saturated carbocycles. The van der Waals surface area contributed by atoms with Crippen LogP contribution in [0.3, 0.4) is 0 Å². The summed E-state index contributed by atoms with van der Waals surface area (Å²) in [5, 5.41) is 11.8. The van der Waals surface area contributed by atoms with E-state index in [1.54, 1.807) is 37.7 Å². The first-order chi connectivity index (χ1) is 15.9. The van der Waals surface area contributed by atoms with Gasteiger partial charge in [0.1, 0.15) is 0 Å². The third-order valence-corrected chi connectivity index (χ3v) is 8.77. The molecule has 0 bridgehead atoms. The molecule has 0 saturated heterocycles. The van der Waals surface area contributed by atoms with Crippen LogP contribution in [0.5, 0.6) is 0 Å². The van der Waals surface area contributed by atoms with Crippen LogP contribution in [0.4, 0.5) is 5.13 Å². The molecule has 0 radical (unpaired) electrons. The summed E-state index contributed by atoms with van der Waals surface area (Å²) >= 11 is 2.96. The highest BCUT2D eigenvalue weighted by Gasteiger charge is 2.21. The van der Waals surface area contributed by atoms with Crippen molar-refractivity contribution in [2.75, 3.05) is 30.7 Å². The van der Waals surface area contributed by atoms with E-state index in [-0.39, 0.29) is 17.2 Å². The van der Waals surface area contributed by atoms with E-state index in [0.717, 1.165) is 15.7 Å². The zero-order valence-corrected chi connectivity index (χ0v) is 20.9. The number of carbonyl (C=O) groups is 1.